The number of carboxylic acid groups (broad SMARTS) is 1. The van der Waals surface area contributed by atoms with Crippen LogP contribution in [0.2, 0.25) is 0 Å². The third kappa shape index (κ3) is 4.77. The van der Waals surface area contributed by atoms with E-state index in [0.717, 1.165) is 19.3 Å². The Morgan fingerprint density at radius 2 is 1.66 bits per heavy atom. The van der Waals surface area contributed by atoms with Crippen LogP contribution in [-0.4, -0.2) is 53.7 Å². The number of carboxylic acids is 1. The van der Waals surface area contributed by atoms with Crippen LogP contribution in [-0.2, 0) is 14.3 Å². The molecule has 4 atom stereocenters. The van der Waals surface area contributed by atoms with Crippen molar-refractivity contribution >= 4 is 18.0 Å². The maximum Gasteiger partial charge on any atom is 0.407 e. The second-order valence-electron chi connectivity index (χ2n) is 10.3. The molecular weight excluding hydrogens is 444 g/mol. The minimum absolute atomic E-state index is 0.00674. The fourth-order valence-corrected chi connectivity index (χ4v) is 6.07. The highest BCUT2D eigenvalue weighted by atomic mass is 16.5. The van der Waals surface area contributed by atoms with Crippen LogP contribution in [0.1, 0.15) is 49.7 Å². The summed E-state index contributed by atoms with van der Waals surface area (Å²) in [7, 11) is 0. The average molecular weight is 477 g/mol. The van der Waals surface area contributed by atoms with Crippen LogP contribution in [0.15, 0.2) is 48.5 Å². The van der Waals surface area contributed by atoms with E-state index in [1.54, 1.807) is 4.90 Å². The van der Waals surface area contributed by atoms with Crippen LogP contribution >= 0.6 is 0 Å². The lowest BCUT2D eigenvalue weighted by Crippen LogP contribution is -2.35. The van der Waals surface area contributed by atoms with E-state index in [1.807, 2.05) is 31.2 Å². The van der Waals surface area contributed by atoms with Crippen molar-refractivity contribution in [2.45, 2.75) is 44.6 Å². The fraction of sp³-hybridized carbons (Fsp3) is 0.464. The molecule has 2 aromatic rings. The SMILES string of the molecule is C[C@@H]1CN(C(=O)CC2CCC(NC(=O)OCC3c4ccccc4-c4ccccc43)C2)C[C@H]1C(=O)O. The summed E-state index contributed by atoms with van der Waals surface area (Å²) in [4.78, 5) is 38.3. The zero-order valence-corrected chi connectivity index (χ0v) is 20.0. The van der Waals surface area contributed by atoms with Crippen molar-refractivity contribution < 1.29 is 24.2 Å². The first-order valence-corrected chi connectivity index (χ1v) is 12.5. The number of benzene rings is 2. The van der Waals surface area contributed by atoms with Crippen molar-refractivity contribution in [2.24, 2.45) is 17.8 Å². The largest absolute Gasteiger partial charge is 0.481 e. The maximum absolute atomic E-state index is 12.7. The predicted molar refractivity (Wildman–Crippen MR) is 131 cm³/mol. The summed E-state index contributed by atoms with van der Waals surface area (Å²) >= 11 is 0. The van der Waals surface area contributed by atoms with Crippen LogP contribution in [0.5, 0.6) is 0 Å². The highest BCUT2D eigenvalue weighted by Gasteiger charge is 2.38. The molecule has 5 rings (SSSR count). The summed E-state index contributed by atoms with van der Waals surface area (Å²) < 4.78 is 5.66. The van der Waals surface area contributed by atoms with Gasteiger partial charge in [-0.25, -0.2) is 4.79 Å². The Balaban J connectivity index is 1.10. The second kappa shape index (κ2) is 9.72. The van der Waals surface area contributed by atoms with E-state index >= 15 is 0 Å². The van der Waals surface area contributed by atoms with E-state index in [-0.39, 0.29) is 36.3 Å². The van der Waals surface area contributed by atoms with Gasteiger partial charge in [0.2, 0.25) is 5.91 Å². The van der Waals surface area contributed by atoms with Crippen LogP contribution < -0.4 is 5.32 Å². The van der Waals surface area contributed by atoms with Gasteiger partial charge in [-0.15, -0.1) is 0 Å². The summed E-state index contributed by atoms with van der Waals surface area (Å²) in [5, 5.41) is 12.3. The third-order valence-electron chi connectivity index (χ3n) is 7.95. The molecule has 0 radical (unpaired) electrons. The van der Waals surface area contributed by atoms with Gasteiger partial charge in [0.25, 0.3) is 0 Å². The number of hydrogen-bond acceptors (Lipinski definition) is 4. The quantitative estimate of drug-likeness (QED) is 0.649. The fourth-order valence-electron chi connectivity index (χ4n) is 6.07. The lowest BCUT2D eigenvalue weighted by molar-refractivity contribution is -0.142. The highest BCUT2D eigenvalue weighted by Crippen LogP contribution is 2.44. The number of likely N-dealkylation sites (tertiary alicyclic amines) is 1. The van der Waals surface area contributed by atoms with Crippen LogP contribution in [0, 0.1) is 17.8 Å². The molecule has 7 nitrogen and oxygen atoms in total. The molecule has 184 valence electrons. The Hall–Kier alpha value is -3.35. The van der Waals surface area contributed by atoms with E-state index in [2.05, 4.69) is 29.6 Å². The van der Waals surface area contributed by atoms with Gasteiger partial charge >= 0.3 is 12.1 Å². The number of fused-ring (bicyclic) bond motifs is 3. The predicted octanol–water partition coefficient (Wildman–Crippen LogP) is 4.26. The molecule has 0 aromatic heterocycles. The van der Waals surface area contributed by atoms with Gasteiger partial charge in [-0.3, -0.25) is 9.59 Å². The lowest BCUT2D eigenvalue weighted by Gasteiger charge is -2.19. The minimum Gasteiger partial charge on any atom is -0.481 e. The molecule has 2 unspecified atom stereocenters. The summed E-state index contributed by atoms with van der Waals surface area (Å²) in [6, 6.07) is 16.5. The Bertz CT molecular complexity index is 1090. The first-order valence-electron chi connectivity index (χ1n) is 12.5. The lowest BCUT2D eigenvalue weighted by atomic mass is 9.98. The van der Waals surface area contributed by atoms with Gasteiger partial charge in [0.15, 0.2) is 0 Å². The van der Waals surface area contributed by atoms with Gasteiger partial charge in [0, 0.05) is 31.5 Å². The number of ether oxygens (including phenoxy) is 1. The number of nitrogens with one attached hydrogen (secondary N) is 1. The number of nitrogens with zero attached hydrogens (tertiary/aromatic N) is 1. The van der Waals surface area contributed by atoms with Gasteiger partial charge in [-0.2, -0.15) is 0 Å². The Labute approximate surface area is 205 Å². The van der Waals surface area contributed by atoms with Gasteiger partial charge in [-0.1, -0.05) is 55.5 Å². The third-order valence-corrected chi connectivity index (χ3v) is 7.95. The molecule has 1 saturated carbocycles. The number of amides is 2. The van der Waals surface area contributed by atoms with Crippen LogP contribution in [0.4, 0.5) is 4.79 Å². The maximum atomic E-state index is 12.7. The van der Waals surface area contributed by atoms with Crippen LogP contribution in [0.3, 0.4) is 0 Å². The van der Waals surface area contributed by atoms with E-state index in [4.69, 9.17) is 4.74 Å². The number of rotatable bonds is 6. The van der Waals surface area contributed by atoms with Crippen molar-refractivity contribution in [3.05, 3.63) is 59.7 Å². The monoisotopic (exact) mass is 476 g/mol. The molecule has 2 fully saturated rings. The molecule has 35 heavy (non-hydrogen) atoms. The molecule has 2 N–H and O–H groups in total. The standard InChI is InChI=1S/C28H32N2O5/c1-17-14-30(15-24(17)27(32)33)26(31)13-18-10-11-19(12-18)29-28(34)35-16-25-22-8-4-2-6-20(22)21-7-3-5-9-23(21)25/h2-9,17-19,24-25H,10-16H2,1H3,(H,29,34)(H,32,33)/t17-,18?,19?,24-/m1/s1. The van der Waals surface area contributed by atoms with Gasteiger partial charge in [0.05, 0.1) is 5.92 Å². The van der Waals surface area contributed by atoms with Gasteiger partial charge in [-0.05, 0) is 53.4 Å². The van der Waals surface area contributed by atoms with E-state index in [9.17, 15) is 19.5 Å². The zero-order valence-electron chi connectivity index (χ0n) is 20.0. The van der Waals surface area contributed by atoms with E-state index < -0.39 is 18.0 Å². The minimum atomic E-state index is -0.832. The molecule has 1 aliphatic heterocycles. The average Bonchev–Trinajstić information content (AvgIpc) is 3.53. The Morgan fingerprint density at radius 3 is 2.29 bits per heavy atom. The molecule has 2 aromatic carbocycles. The number of carbonyl (C=O) groups excluding carboxylic acids is 2. The van der Waals surface area contributed by atoms with Gasteiger partial charge < -0.3 is 20.1 Å². The molecule has 0 bridgehead atoms. The normalized spacial score (nSPS) is 25.2. The number of alkyl carbamates (subject to hydrolysis) is 1. The Morgan fingerprint density at radius 1 is 1.00 bits per heavy atom. The highest BCUT2D eigenvalue weighted by molar-refractivity contribution is 5.80. The summed E-state index contributed by atoms with van der Waals surface area (Å²) in [6.45, 7) is 2.97. The number of aliphatic carboxylic acids is 1. The van der Waals surface area contributed by atoms with Gasteiger partial charge in [0.1, 0.15) is 6.61 Å². The van der Waals surface area contributed by atoms with E-state index in [0.29, 0.717) is 19.5 Å². The van der Waals surface area contributed by atoms with Crippen molar-refractivity contribution in [3.8, 4) is 11.1 Å². The molecule has 1 saturated heterocycles. The van der Waals surface area contributed by atoms with Crippen molar-refractivity contribution in [3.63, 3.8) is 0 Å². The first-order chi connectivity index (χ1) is 16.9. The molecule has 1 heterocycles. The molecule has 2 aliphatic carbocycles. The molecule has 0 spiro atoms. The number of hydrogen-bond donors (Lipinski definition) is 2. The zero-order chi connectivity index (χ0) is 24.5. The first kappa shape index (κ1) is 23.4. The molecular formula is C28H32N2O5. The smallest absolute Gasteiger partial charge is 0.407 e. The van der Waals surface area contributed by atoms with Crippen molar-refractivity contribution in [1.82, 2.24) is 10.2 Å². The molecule has 7 heteroatoms. The molecule has 2 amide bonds. The summed E-state index contributed by atoms with van der Waals surface area (Å²) in [5.41, 5.74) is 4.76. The van der Waals surface area contributed by atoms with Crippen molar-refractivity contribution in [2.75, 3.05) is 19.7 Å². The summed E-state index contributed by atoms with van der Waals surface area (Å²) in [5.74, 6) is -1.10. The topological polar surface area (TPSA) is 95.9 Å². The molecule has 3 aliphatic rings. The summed E-state index contributed by atoms with van der Waals surface area (Å²) in [6.07, 6.45) is 2.41. The number of carbonyl (C=O) groups is 3. The Kier molecular flexibility index (Phi) is 6.50. The van der Waals surface area contributed by atoms with Crippen LogP contribution in [0.25, 0.3) is 11.1 Å². The second-order valence-corrected chi connectivity index (χ2v) is 10.3. The van der Waals surface area contributed by atoms with E-state index in [1.165, 1.54) is 22.3 Å². The van der Waals surface area contributed by atoms with Crippen molar-refractivity contribution in [1.29, 1.82) is 0 Å².